The third-order valence-electron chi connectivity index (χ3n) is 7.88. The number of hydrogen-bond acceptors (Lipinski definition) is 2. The number of nitrogens with zero attached hydrogens (tertiary/aromatic N) is 2. The Morgan fingerprint density at radius 2 is 1.61 bits per heavy atom. The van der Waals surface area contributed by atoms with Gasteiger partial charge in [0.15, 0.2) is 0 Å². The summed E-state index contributed by atoms with van der Waals surface area (Å²) >= 11 is 0. The highest BCUT2D eigenvalue weighted by molar-refractivity contribution is 6.07. The number of benzene rings is 3. The second-order valence-electron chi connectivity index (χ2n) is 9.62. The zero-order chi connectivity index (χ0) is 26.0. The fourth-order valence-corrected chi connectivity index (χ4v) is 5.72. The fraction of sp³-hybridized carbons (Fsp3) is 0.355. The number of fused-ring (bicyclic) bond motifs is 2. The number of carboxylic acid groups (broad SMARTS) is 1. The van der Waals surface area contributed by atoms with E-state index in [1.54, 1.807) is 12.1 Å². The summed E-state index contributed by atoms with van der Waals surface area (Å²) < 4.78 is 9.75. The highest BCUT2D eigenvalue weighted by Gasteiger charge is 2.31. The summed E-state index contributed by atoms with van der Waals surface area (Å²) in [6.45, 7) is 17.0. The van der Waals surface area contributed by atoms with E-state index in [2.05, 4.69) is 82.5 Å². The van der Waals surface area contributed by atoms with Crippen LogP contribution in [0.4, 0.5) is 5.69 Å². The van der Waals surface area contributed by atoms with Crippen molar-refractivity contribution in [3.8, 4) is 22.5 Å². The van der Waals surface area contributed by atoms with Gasteiger partial charge in [0.05, 0.1) is 30.8 Å². The summed E-state index contributed by atoms with van der Waals surface area (Å²) in [5.74, 6) is -0.175. The predicted octanol–water partition coefficient (Wildman–Crippen LogP) is 6.47. The average molecular weight is 487 g/mol. The van der Waals surface area contributed by atoms with Crippen molar-refractivity contribution in [2.24, 2.45) is 0 Å². The Balaban J connectivity index is 2.16. The smallest absolute Gasteiger partial charge is 0.336 e. The third kappa shape index (κ3) is 4.22. The predicted molar refractivity (Wildman–Crippen MR) is 150 cm³/mol. The maximum atomic E-state index is 12.2. The Morgan fingerprint density at radius 1 is 0.917 bits per heavy atom. The monoisotopic (exact) mass is 486 g/mol. The van der Waals surface area contributed by atoms with E-state index in [4.69, 9.17) is 4.42 Å². The number of hydrogen-bond donors (Lipinski definition) is 1. The molecule has 0 unspecified atom stereocenters. The number of aromatic carboxylic acids is 1. The minimum absolute atomic E-state index is 0.289. The van der Waals surface area contributed by atoms with Gasteiger partial charge in [-0.05, 0) is 65.3 Å². The summed E-state index contributed by atoms with van der Waals surface area (Å²) in [6.07, 6.45) is 0. The molecule has 36 heavy (non-hydrogen) atoms. The zero-order valence-corrected chi connectivity index (χ0v) is 22.3. The summed E-state index contributed by atoms with van der Waals surface area (Å²) in [6, 6.07) is 20.4. The van der Waals surface area contributed by atoms with E-state index in [1.807, 2.05) is 12.1 Å². The molecule has 0 amide bonds. The molecule has 0 radical (unpaired) electrons. The molecule has 1 heterocycles. The second kappa shape index (κ2) is 10.3. The Labute approximate surface area is 213 Å². The highest BCUT2D eigenvalue weighted by Crippen LogP contribution is 2.42. The molecule has 0 atom stereocenters. The molecule has 0 saturated heterocycles. The van der Waals surface area contributed by atoms with Crippen molar-refractivity contribution in [1.29, 1.82) is 0 Å². The molecule has 0 saturated carbocycles. The van der Waals surface area contributed by atoms with Crippen LogP contribution in [0.2, 0.25) is 0 Å². The molecule has 1 N–H and O–H groups in total. The lowest BCUT2D eigenvalue weighted by molar-refractivity contribution is 0.0697. The van der Waals surface area contributed by atoms with E-state index in [-0.39, 0.29) is 5.56 Å². The molecule has 5 nitrogen and oxygen atoms in total. The van der Waals surface area contributed by atoms with Crippen LogP contribution in [0, 0.1) is 0 Å². The van der Waals surface area contributed by atoms with E-state index in [0.29, 0.717) is 11.6 Å². The van der Waals surface area contributed by atoms with E-state index < -0.39 is 5.97 Å². The first kappa shape index (κ1) is 25.6. The van der Waals surface area contributed by atoms with Crippen LogP contribution >= 0.6 is 0 Å². The molecule has 0 fully saturated rings. The first-order valence-electron chi connectivity index (χ1n) is 13.1. The number of carbonyl (C=O) groups is 1. The molecule has 0 spiro atoms. The van der Waals surface area contributed by atoms with Crippen LogP contribution in [0.25, 0.3) is 33.4 Å². The lowest BCUT2D eigenvalue weighted by Crippen LogP contribution is -2.54. The van der Waals surface area contributed by atoms with Gasteiger partial charge in [0.1, 0.15) is 30.1 Å². The van der Waals surface area contributed by atoms with Gasteiger partial charge in [-0.3, -0.25) is 4.48 Å². The third-order valence-corrected chi connectivity index (χ3v) is 7.88. The molecule has 4 rings (SSSR count). The van der Waals surface area contributed by atoms with Gasteiger partial charge in [0, 0.05) is 34.7 Å². The molecule has 188 valence electrons. The van der Waals surface area contributed by atoms with Crippen LogP contribution < -0.4 is 14.4 Å². The Hall–Kier alpha value is -3.44. The van der Waals surface area contributed by atoms with Crippen LogP contribution in [-0.4, -0.2) is 43.3 Å². The molecule has 0 bridgehead atoms. The first-order valence-corrected chi connectivity index (χ1v) is 13.1. The van der Waals surface area contributed by atoms with E-state index in [9.17, 15) is 9.90 Å². The van der Waals surface area contributed by atoms with Crippen molar-refractivity contribution >= 4 is 22.6 Å². The van der Waals surface area contributed by atoms with Gasteiger partial charge in [0.25, 0.3) is 0 Å². The van der Waals surface area contributed by atoms with Gasteiger partial charge in [-0.25, -0.2) is 9.37 Å². The molecule has 0 aromatic heterocycles. The van der Waals surface area contributed by atoms with Gasteiger partial charge < -0.3 is 9.52 Å². The van der Waals surface area contributed by atoms with Crippen molar-refractivity contribution in [1.82, 2.24) is 9.06 Å². The topological polar surface area (TPSA) is 53.5 Å². The number of rotatable bonds is 8. The molecule has 1 aliphatic heterocycles. The Bertz CT molecular complexity index is 1440. The number of carboxylic acids is 1. The van der Waals surface area contributed by atoms with Gasteiger partial charge in [-0.2, -0.15) is 0 Å². The van der Waals surface area contributed by atoms with Crippen LogP contribution in [0.1, 0.15) is 51.9 Å². The number of quaternary nitrogens is 1. The van der Waals surface area contributed by atoms with Crippen molar-refractivity contribution in [3.05, 3.63) is 71.6 Å². The van der Waals surface area contributed by atoms with Crippen molar-refractivity contribution in [3.63, 3.8) is 0 Å². The maximum absolute atomic E-state index is 12.2. The lowest BCUT2D eigenvalue weighted by atomic mass is 9.90. The van der Waals surface area contributed by atoms with Gasteiger partial charge in [-0.15, -0.1) is 0 Å². The second-order valence-corrected chi connectivity index (χ2v) is 9.62. The summed E-state index contributed by atoms with van der Waals surface area (Å²) in [5.41, 5.74) is 4.79. The van der Waals surface area contributed by atoms with Gasteiger partial charge >= 0.3 is 5.97 Å². The van der Waals surface area contributed by atoms with E-state index in [1.165, 1.54) is 5.69 Å². The Morgan fingerprint density at radius 3 is 2.22 bits per heavy atom. The minimum Gasteiger partial charge on any atom is -0.478 e. The first-order chi connectivity index (χ1) is 17.3. The van der Waals surface area contributed by atoms with E-state index >= 15 is 0 Å². The average Bonchev–Trinajstić information content (AvgIpc) is 2.88. The SMILES string of the molecule is CC[N+](CC)=c1ccc2c(-c3ccccc3C(=O)O)c3ccc([N+](CC)(CC)C(C)C)cc3oc-2c1. The van der Waals surface area contributed by atoms with Crippen LogP contribution in [0.15, 0.2) is 65.1 Å². The molecular weight excluding hydrogens is 448 g/mol. The van der Waals surface area contributed by atoms with Crippen molar-refractivity contribution in [2.45, 2.75) is 47.6 Å². The molecule has 1 aliphatic carbocycles. The molecule has 2 aromatic carbocycles. The summed E-state index contributed by atoms with van der Waals surface area (Å²) in [7, 11) is 0. The lowest BCUT2D eigenvalue weighted by Gasteiger charge is -2.40. The Kier molecular flexibility index (Phi) is 7.32. The summed E-state index contributed by atoms with van der Waals surface area (Å²) in [4.78, 5) is 12.2. The molecular formula is C31H38N2O3+2. The highest BCUT2D eigenvalue weighted by atomic mass is 16.4. The molecule has 2 aliphatic rings. The van der Waals surface area contributed by atoms with Gasteiger partial charge in [-0.1, -0.05) is 18.2 Å². The van der Waals surface area contributed by atoms with Crippen LogP contribution in [-0.2, 0) is 0 Å². The van der Waals surface area contributed by atoms with Crippen molar-refractivity contribution < 1.29 is 14.3 Å². The molecule has 2 aromatic rings. The van der Waals surface area contributed by atoms with Crippen molar-refractivity contribution in [2.75, 3.05) is 26.2 Å². The van der Waals surface area contributed by atoms with Gasteiger partial charge in [0.2, 0.25) is 5.36 Å². The standard InChI is InChI=1S/C31H37N2O3/c1-7-32(8-2)22-15-17-26-28(19-22)36-29-20-23(33(9-3,10-4)21(5)6)16-18-27(29)30(26)24-13-11-12-14-25(24)31(34)35/h11-21H,7-10H2,1-6H3/q+1/p+1. The van der Waals surface area contributed by atoms with Crippen LogP contribution in [0.5, 0.6) is 0 Å². The molecule has 5 heteroatoms. The fourth-order valence-electron chi connectivity index (χ4n) is 5.72. The minimum atomic E-state index is -0.934. The van der Waals surface area contributed by atoms with E-state index in [0.717, 1.165) is 63.9 Å². The summed E-state index contributed by atoms with van der Waals surface area (Å²) in [5, 5.41) is 12.0. The maximum Gasteiger partial charge on any atom is 0.336 e. The normalized spacial score (nSPS) is 12.0. The van der Waals surface area contributed by atoms with Crippen LogP contribution in [0.3, 0.4) is 0 Å². The largest absolute Gasteiger partial charge is 0.478 e. The zero-order valence-electron chi connectivity index (χ0n) is 22.3. The quantitative estimate of drug-likeness (QED) is 0.176.